The molecule has 1 aliphatic heterocycles. The summed E-state index contributed by atoms with van der Waals surface area (Å²) < 4.78 is 6.69. The maximum absolute atomic E-state index is 14.3. The molecule has 4 fully saturated rings. The number of benzene rings is 2. The number of aliphatic hydroxyl groups is 3. The van der Waals surface area contributed by atoms with Crippen molar-refractivity contribution >= 4 is 27.7 Å². The lowest BCUT2D eigenvalue weighted by Gasteiger charge is -2.86. The number of nitrogens with zero attached hydrogens (tertiary/aromatic N) is 1. The highest BCUT2D eigenvalue weighted by Gasteiger charge is 2.83. The van der Waals surface area contributed by atoms with E-state index in [9.17, 15) is 24.9 Å². The van der Waals surface area contributed by atoms with Crippen molar-refractivity contribution in [3.05, 3.63) is 52.0 Å². The molecule has 11 heteroatoms. The average Bonchev–Trinajstić information content (AvgIpc) is 3.42. The summed E-state index contributed by atoms with van der Waals surface area (Å²) in [5.74, 6) is 1.84. The monoisotopic (exact) mass is 741 g/mol. The summed E-state index contributed by atoms with van der Waals surface area (Å²) in [5, 5.41) is 39.0. The lowest BCUT2D eigenvalue weighted by molar-refractivity contribution is -0.349. The number of hydroxylamine groups is 2. The summed E-state index contributed by atoms with van der Waals surface area (Å²) in [6.45, 7) is 12.3. The second-order valence-electron chi connectivity index (χ2n) is 15.9. The summed E-state index contributed by atoms with van der Waals surface area (Å²) in [4.78, 5) is 33.8. The molecular formula is C38H52BrN3O7. The zero-order valence-electron chi connectivity index (χ0n) is 29.6. The fraction of sp³-hybridized carbons (Fsp3) is 0.632. The topological polar surface area (TPSA) is 141 Å². The van der Waals surface area contributed by atoms with E-state index in [1.807, 2.05) is 38.1 Å². The largest absolute Gasteiger partial charge is 0.496 e. The summed E-state index contributed by atoms with van der Waals surface area (Å²) in [6.07, 6.45) is -0.0334. The molecule has 3 saturated carbocycles. The third kappa shape index (κ3) is 6.02. The minimum absolute atomic E-state index is 0.148. The van der Waals surface area contributed by atoms with Gasteiger partial charge in [-0.3, -0.25) is 14.4 Å². The zero-order valence-corrected chi connectivity index (χ0v) is 31.2. The van der Waals surface area contributed by atoms with Gasteiger partial charge in [0, 0.05) is 32.6 Å². The highest BCUT2D eigenvalue weighted by molar-refractivity contribution is 9.10. The molecule has 0 bridgehead atoms. The van der Waals surface area contributed by atoms with Crippen molar-refractivity contribution in [2.24, 2.45) is 40.9 Å². The first-order valence-corrected chi connectivity index (χ1v) is 18.4. The molecule has 2 amide bonds. The molecular weight excluding hydrogens is 690 g/mol. The molecule has 1 heterocycles. The van der Waals surface area contributed by atoms with Crippen LogP contribution in [0.3, 0.4) is 0 Å². The Hall–Kier alpha value is -2.54. The van der Waals surface area contributed by atoms with E-state index in [2.05, 4.69) is 47.3 Å². The lowest BCUT2D eigenvalue weighted by Crippen LogP contribution is -2.90. The van der Waals surface area contributed by atoms with Crippen molar-refractivity contribution in [2.45, 2.75) is 90.8 Å². The zero-order chi connectivity index (χ0) is 35.6. The van der Waals surface area contributed by atoms with Crippen molar-refractivity contribution in [1.82, 2.24) is 15.7 Å². The normalized spacial score (nSPS) is 32.3. The molecule has 10 atom stereocenters. The number of carbonyl (C=O) groups is 2. The second kappa shape index (κ2) is 13.5. The predicted molar refractivity (Wildman–Crippen MR) is 189 cm³/mol. The number of rotatable bonds is 13. The molecule has 1 unspecified atom stereocenters. The van der Waals surface area contributed by atoms with Crippen LogP contribution in [0.2, 0.25) is 0 Å². The van der Waals surface area contributed by atoms with Crippen molar-refractivity contribution < 1.29 is 34.5 Å². The minimum Gasteiger partial charge on any atom is -0.496 e. The number of halogens is 1. The van der Waals surface area contributed by atoms with E-state index in [-0.39, 0.29) is 43.2 Å². The van der Waals surface area contributed by atoms with E-state index in [0.717, 1.165) is 23.1 Å². The van der Waals surface area contributed by atoms with Gasteiger partial charge in [-0.2, -0.15) is 5.06 Å². The Morgan fingerprint density at radius 2 is 1.88 bits per heavy atom. The first-order chi connectivity index (χ1) is 23.2. The highest BCUT2D eigenvalue weighted by atomic mass is 79.9. The van der Waals surface area contributed by atoms with Crippen LogP contribution in [0, 0.1) is 40.9 Å². The highest BCUT2D eigenvalue weighted by Crippen LogP contribution is 2.81. The van der Waals surface area contributed by atoms with E-state index in [1.165, 1.54) is 0 Å². The van der Waals surface area contributed by atoms with Gasteiger partial charge >= 0.3 is 0 Å². The number of methoxy groups -OCH3 is 1. The Morgan fingerprint density at radius 3 is 2.47 bits per heavy atom. The Bertz CT molecular complexity index is 1570. The molecule has 2 aromatic carbocycles. The molecule has 268 valence electrons. The van der Waals surface area contributed by atoms with Crippen molar-refractivity contribution in [3.63, 3.8) is 0 Å². The van der Waals surface area contributed by atoms with E-state index < -0.39 is 24.2 Å². The Morgan fingerprint density at radius 1 is 1.14 bits per heavy atom. The number of amides is 2. The van der Waals surface area contributed by atoms with E-state index in [0.29, 0.717) is 57.2 Å². The molecule has 0 radical (unpaired) electrons. The van der Waals surface area contributed by atoms with E-state index in [1.54, 1.807) is 31.2 Å². The molecule has 49 heavy (non-hydrogen) atoms. The predicted octanol–water partition coefficient (Wildman–Crippen LogP) is 4.53. The number of aliphatic hydroxyl groups excluding tert-OH is 3. The maximum Gasteiger partial charge on any atom is 0.251 e. The van der Waals surface area contributed by atoms with Crippen molar-refractivity contribution in [3.8, 4) is 16.9 Å². The van der Waals surface area contributed by atoms with Gasteiger partial charge in [-0.25, -0.2) is 0 Å². The van der Waals surface area contributed by atoms with E-state index >= 15 is 0 Å². The van der Waals surface area contributed by atoms with Crippen molar-refractivity contribution in [1.29, 1.82) is 0 Å². The molecule has 4 aliphatic rings. The van der Waals surface area contributed by atoms with Crippen LogP contribution in [0.1, 0.15) is 70.3 Å². The average molecular weight is 743 g/mol. The molecule has 6 rings (SSSR count). The van der Waals surface area contributed by atoms with Crippen LogP contribution in [-0.2, 0) is 16.2 Å². The van der Waals surface area contributed by atoms with Crippen LogP contribution in [0.15, 0.2) is 40.9 Å². The number of nitrogens with one attached hydrogen (secondary N) is 2. The molecule has 0 aromatic heterocycles. The molecule has 2 aromatic rings. The Labute approximate surface area is 298 Å². The molecule has 0 spiro atoms. The summed E-state index contributed by atoms with van der Waals surface area (Å²) in [6, 6.07) is 9.95. The van der Waals surface area contributed by atoms with Crippen LogP contribution >= 0.6 is 15.9 Å². The molecule has 1 saturated heterocycles. The van der Waals surface area contributed by atoms with Crippen LogP contribution in [0.25, 0.3) is 11.1 Å². The number of ether oxygens (including phenoxy) is 1. The SMILES string of the molecule is COc1c(CN2O[C@@H](CO)[C@@H]([C@H](C)O)[C@H]2C(=O)N[C@@]23C[C@H]4C2[C@@H]([C@@H]3C)C4(C)C)cccc1-c1cc(Br)cc(C(=O)N[C@H](CO)CC(C)C)c1. The van der Waals surface area contributed by atoms with Gasteiger partial charge in [0.1, 0.15) is 17.9 Å². The standard InChI is InChI=1S/C38H52BrN3O7/c1-19(2)11-26(17-43)40-35(46)24-12-23(13-25(39)14-24)27-10-8-9-22(34(27)48-7)16-42-33(30(21(4)45)29(18-44)49-42)36(47)41-38-15-28-32(38)31(20(38)3)37(28,5)6/h8-10,12-14,19-21,26,28-33,43-45H,11,15-18H2,1-7H3,(H,40,46)(H,41,47)/t20-,21-,26-,28-,29-,30+,31+,32?,33-,38+/m0/s1. The summed E-state index contributed by atoms with van der Waals surface area (Å²) in [7, 11) is 1.58. The van der Waals surface area contributed by atoms with Crippen LogP contribution in [-0.4, -0.2) is 82.4 Å². The minimum atomic E-state index is -0.899. The number of hydrogen-bond acceptors (Lipinski definition) is 8. The van der Waals surface area contributed by atoms with Gasteiger partial charge < -0.3 is 30.7 Å². The van der Waals surface area contributed by atoms with E-state index in [4.69, 9.17) is 9.57 Å². The van der Waals surface area contributed by atoms with Crippen LogP contribution in [0.4, 0.5) is 0 Å². The van der Waals surface area contributed by atoms with Crippen molar-refractivity contribution in [2.75, 3.05) is 20.3 Å². The second-order valence-corrected chi connectivity index (χ2v) is 16.8. The maximum atomic E-state index is 14.3. The molecule has 3 aliphatic carbocycles. The van der Waals surface area contributed by atoms with Crippen LogP contribution < -0.4 is 15.4 Å². The fourth-order valence-electron chi connectivity index (χ4n) is 10.0. The molecule has 10 nitrogen and oxygen atoms in total. The molecule has 5 N–H and O–H groups in total. The van der Waals surface area contributed by atoms with Gasteiger partial charge in [-0.15, -0.1) is 0 Å². The number of hydrogen-bond donors (Lipinski definition) is 5. The fourth-order valence-corrected chi connectivity index (χ4v) is 10.5. The van der Waals surface area contributed by atoms with Gasteiger partial charge in [0.05, 0.1) is 39.0 Å². The van der Waals surface area contributed by atoms with Gasteiger partial charge in [0.25, 0.3) is 5.91 Å². The number of para-hydroxylation sites is 1. The lowest BCUT2D eigenvalue weighted by atomic mass is 9.21. The van der Waals surface area contributed by atoms with Gasteiger partial charge in [-0.1, -0.05) is 68.7 Å². The van der Waals surface area contributed by atoms with Crippen LogP contribution in [0.5, 0.6) is 5.75 Å². The summed E-state index contributed by atoms with van der Waals surface area (Å²) in [5.41, 5.74) is 2.74. The van der Waals surface area contributed by atoms with Gasteiger partial charge in [-0.05, 0) is 78.5 Å². The number of carbonyl (C=O) groups excluding carboxylic acids is 2. The van der Waals surface area contributed by atoms with Gasteiger partial charge in [0.2, 0.25) is 5.91 Å². The smallest absolute Gasteiger partial charge is 0.251 e. The van der Waals surface area contributed by atoms with Gasteiger partial charge in [0.15, 0.2) is 0 Å². The first kappa shape index (κ1) is 36.3. The third-order valence-electron chi connectivity index (χ3n) is 12.3. The Kier molecular flexibility index (Phi) is 10.0. The third-order valence-corrected chi connectivity index (χ3v) is 12.7. The first-order valence-electron chi connectivity index (χ1n) is 17.6. The quantitative estimate of drug-likeness (QED) is 0.202. The summed E-state index contributed by atoms with van der Waals surface area (Å²) >= 11 is 3.57. The Balaban J connectivity index is 1.27.